The first-order chi connectivity index (χ1) is 46.3. The Morgan fingerprint density at radius 3 is 1.20 bits per heavy atom. The molecular formula is C70H67F15N6O8. The van der Waals surface area contributed by atoms with Crippen LogP contribution in [0.5, 0.6) is 0 Å². The molecule has 0 spiro atoms. The largest absolute Gasteiger partial charge is 0.393 e. The number of benzene rings is 6. The Kier molecular flexibility index (Phi) is 21.8. The number of rotatable bonds is 14. The molecule has 6 aromatic carbocycles. The summed E-state index contributed by atoms with van der Waals surface area (Å²) in [5.41, 5.74) is -6.16. The van der Waals surface area contributed by atoms with Crippen LogP contribution in [-0.2, 0) is 27.4 Å². The van der Waals surface area contributed by atoms with E-state index in [0.29, 0.717) is 69.2 Å². The number of halogens is 15. The molecule has 0 aromatic heterocycles. The minimum absolute atomic E-state index is 0.0470. The van der Waals surface area contributed by atoms with E-state index < -0.39 is 163 Å². The summed E-state index contributed by atoms with van der Waals surface area (Å²) in [6.45, 7) is 9.03. The molecule has 5 fully saturated rings. The quantitative estimate of drug-likeness (QED) is 0.0455. The van der Waals surface area contributed by atoms with Gasteiger partial charge in [0.15, 0.2) is 40.7 Å². The second-order valence-corrected chi connectivity index (χ2v) is 25.4. The number of carbonyl (C=O) groups excluding carboxylic acids is 5. The number of anilines is 3. The molecule has 5 saturated heterocycles. The number of carbonyl (C=O) groups is 5. The van der Waals surface area contributed by atoms with E-state index in [1.807, 2.05) is 0 Å². The molecule has 11 rings (SSSR count). The van der Waals surface area contributed by atoms with Gasteiger partial charge >= 0.3 is 17.8 Å². The van der Waals surface area contributed by atoms with Gasteiger partial charge in [-0.05, 0) is 169 Å². The van der Waals surface area contributed by atoms with Crippen molar-refractivity contribution in [1.82, 2.24) is 14.7 Å². The summed E-state index contributed by atoms with van der Waals surface area (Å²) in [6, 6.07) is 11.4. The van der Waals surface area contributed by atoms with Crippen LogP contribution in [0.15, 0.2) is 103 Å². The van der Waals surface area contributed by atoms with Crippen molar-refractivity contribution in [2.24, 2.45) is 0 Å². The average Bonchev–Trinajstić information content (AvgIpc) is 1.31. The lowest BCUT2D eigenvalue weighted by molar-refractivity contribution is -0.165. The molecule has 5 aliphatic heterocycles. The Morgan fingerprint density at radius 2 is 0.808 bits per heavy atom. The van der Waals surface area contributed by atoms with Crippen molar-refractivity contribution in [1.29, 1.82) is 0 Å². The summed E-state index contributed by atoms with van der Waals surface area (Å²) < 4.78 is 214. The smallest absolute Gasteiger partial charge is 0.352 e. The fraction of sp³-hybridized carbons (Fsp3) is 0.386. The van der Waals surface area contributed by atoms with Gasteiger partial charge in [-0.1, -0.05) is 19.6 Å². The molecule has 2 unspecified atom stereocenters. The van der Waals surface area contributed by atoms with Gasteiger partial charge in [0.1, 0.15) is 11.6 Å². The summed E-state index contributed by atoms with van der Waals surface area (Å²) in [4.78, 5) is 66.5. The minimum Gasteiger partial charge on any atom is -0.393 e. The van der Waals surface area contributed by atoms with E-state index in [4.69, 9.17) is 0 Å². The molecule has 6 atom stereocenters. The molecular weight excluding hydrogens is 1340 g/mol. The molecule has 6 aromatic rings. The SMILES string of the molecule is C=C(N1[C@@H]2CC[C@H]1CC(O)C2)C(F)(F)c1cc(C(=O)Nc2cc(C)c(F)c(F)c2)ccc1F.CCC1(O)CCN(C(=O)C(F)(F)c2cc(C(=O)Nc3cc(C)c(F)c(F)c3)ccc2F)CC1.Cc1ccc(C(=O)Nc2cc(F)c(F)c(F)c2)cc1C(F)(F)C(=O)N1[C@@H]2CC[C@H]1CC(O)C2. The fourth-order valence-electron chi connectivity index (χ4n) is 13.2. The van der Waals surface area contributed by atoms with Gasteiger partial charge < -0.3 is 46.0 Å². The molecule has 0 radical (unpaired) electrons. The number of amides is 5. The molecule has 5 aliphatic rings. The Labute approximate surface area is 557 Å². The minimum atomic E-state index is -4.26. The lowest BCUT2D eigenvalue weighted by Crippen LogP contribution is -2.53. The van der Waals surface area contributed by atoms with Crippen molar-refractivity contribution in [3.63, 3.8) is 0 Å². The Bertz CT molecular complexity index is 3880. The lowest BCUT2D eigenvalue weighted by atomic mass is 9.88. The highest BCUT2D eigenvalue weighted by Crippen LogP contribution is 2.47. The van der Waals surface area contributed by atoms with Gasteiger partial charge in [-0.3, -0.25) is 24.0 Å². The molecule has 6 N–H and O–H groups in total. The van der Waals surface area contributed by atoms with Crippen LogP contribution in [-0.4, -0.2) is 115 Å². The summed E-state index contributed by atoms with van der Waals surface area (Å²) >= 11 is 0. The number of hydrogen-bond acceptors (Lipinski definition) is 9. The van der Waals surface area contributed by atoms with Crippen LogP contribution in [0.4, 0.5) is 82.9 Å². The van der Waals surface area contributed by atoms with Crippen LogP contribution in [0, 0.1) is 73.1 Å². The summed E-state index contributed by atoms with van der Waals surface area (Å²) in [6.07, 6.45) is 2.95. The van der Waals surface area contributed by atoms with Crippen LogP contribution >= 0.6 is 0 Å². The number of fused-ring (bicyclic) bond motifs is 4. The molecule has 5 amide bonds. The van der Waals surface area contributed by atoms with Gasteiger partial charge in [-0.2, -0.15) is 26.3 Å². The van der Waals surface area contributed by atoms with Crippen LogP contribution in [0.1, 0.15) is 142 Å². The Hall–Kier alpha value is -8.96. The molecule has 99 heavy (non-hydrogen) atoms. The fourth-order valence-corrected chi connectivity index (χ4v) is 13.2. The topological polar surface area (TPSA) is 192 Å². The Balaban J connectivity index is 0.000000173. The third kappa shape index (κ3) is 15.7. The average molecular weight is 1410 g/mol. The number of allylic oxidation sites excluding steroid dienone is 1. The van der Waals surface area contributed by atoms with Gasteiger partial charge in [0.25, 0.3) is 29.5 Å². The zero-order valence-electron chi connectivity index (χ0n) is 53.4. The van der Waals surface area contributed by atoms with E-state index >= 15 is 17.6 Å². The zero-order chi connectivity index (χ0) is 72.7. The maximum atomic E-state index is 15.4. The number of nitrogens with one attached hydrogen (secondary N) is 3. The standard InChI is InChI=1S/C24H23F5N2O2.C23H21F5N2O3.C23H23F5N2O3/c1-12-7-15(9-21(26)22(12)27)30-23(33)14-3-6-20(25)19(8-14)24(28,29)13(2)31-16-4-5-17(31)11-18(32)10-16;1-11-2-3-12(21(32)29-13-7-18(24)20(26)19(25)8-13)6-17(11)23(27,28)22(33)30-14-4-5-15(30)10-16(31)9-14;1-3-22(33)6-8-30(9-7-22)21(32)23(27,28)16-11-14(4-5-17(16)24)20(31)29-15-10-13(2)19(26)18(25)12-15/h3,6-9,16-18,32H,2,4-5,10-11H2,1H3,(H,30,33);2-3,6-8,14-16,31H,4-5,9-10H2,1H3,(H,29,32);4-5,10-12,33H,3,6-9H2,1-2H3,(H,29,31)/t16-,17+,18?;14-,15+,16?;. The van der Waals surface area contributed by atoms with Crippen LogP contribution in [0.3, 0.4) is 0 Å². The number of aliphatic hydroxyl groups excluding tert-OH is 2. The number of piperidine rings is 3. The highest BCUT2D eigenvalue weighted by molar-refractivity contribution is 6.06. The van der Waals surface area contributed by atoms with Gasteiger partial charge in [0.2, 0.25) is 0 Å². The van der Waals surface area contributed by atoms with Crippen LogP contribution in [0.2, 0.25) is 0 Å². The first-order valence-corrected chi connectivity index (χ1v) is 31.4. The third-order valence-electron chi connectivity index (χ3n) is 18.7. The van der Waals surface area contributed by atoms with E-state index in [0.717, 1.165) is 58.3 Å². The lowest BCUT2D eigenvalue weighted by Gasteiger charge is -2.42. The van der Waals surface area contributed by atoms with Crippen LogP contribution in [0.25, 0.3) is 0 Å². The highest BCUT2D eigenvalue weighted by atomic mass is 19.3. The molecule has 0 saturated carbocycles. The molecule has 4 bridgehead atoms. The second-order valence-electron chi connectivity index (χ2n) is 25.4. The summed E-state index contributed by atoms with van der Waals surface area (Å²) in [5.74, 6) is -29.7. The first kappa shape index (κ1) is 74.3. The maximum absolute atomic E-state index is 15.4. The van der Waals surface area contributed by atoms with Crippen molar-refractivity contribution in [2.75, 3.05) is 29.0 Å². The molecule has 530 valence electrons. The highest BCUT2D eigenvalue weighted by Gasteiger charge is 2.54. The van der Waals surface area contributed by atoms with E-state index in [-0.39, 0.29) is 90.0 Å². The van der Waals surface area contributed by atoms with Gasteiger partial charge in [-0.25, -0.2) is 39.5 Å². The van der Waals surface area contributed by atoms with Gasteiger partial charge in [-0.15, -0.1) is 0 Å². The second kappa shape index (κ2) is 29.1. The monoisotopic (exact) mass is 1400 g/mol. The predicted molar refractivity (Wildman–Crippen MR) is 331 cm³/mol. The molecule has 29 heteroatoms. The number of alkyl halides is 6. The molecule has 0 aliphatic carbocycles. The molecule has 5 heterocycles. The number of nitrogens with zero attached hydrogens (tertiary/aromatic N) is 3. The maximum Gasteiger partial charge on any atom is 0.352 e. The van der Waals surface area contributed by atoms with E-state index in [1.54, 1.807) is 6.92 Å². The van der Waals surface area contributed by atoms with Gasteiger partial charge in [0.05, 0.1) is 34.6 Å². The predicted octanol–water partition coefficient (Wildman–Crippen LogP) is 14.0. The van der Waals surface area contributed by atoms with Crippen LogP contribution < -0.4 is 16.0 Å². The summed E-state index contributed by atoms with van der Waals surface area (Å²) in [7, 11) is 0. The van der Waals surface area contributed by atoms with Gasteiger partial charge in [0, 0.05) is 101 Å². The zero-order valence-corrected chi connectivity index (χ0v) is 53.4. The van der Waals surface area contributed by atoms with Crippen molar-refractivity contribution < 1.29 is 105 Å². The first-order valence-electron chi connectivity index (χ1n) is 31.4. The van der Waals surface area contributed by atoms with Crippen molar-refractivity contribution in [2.45, 2.75) is 158 Å². The number of aliphatic hydroxyl groups is 3. The normalized spacial score (nSPS) is 20.2. The van der Waals surface area contributed by atoms with Crippen molar-refractivity contribution in [3.8, 4) is 0 Å². The van der Waals surface area contributed by atoms with Crippen molar-refractivity contribution in [3.05, 3.63) is 206 Å². The Morgan fingerprint density at radius 1 is 0.465 bits per heavy atom. The van der Waals surface area contributed by atoms with E-state index in [1.165, 1.54) is 43.9 Å². The van der Waals surface area contributed by atoms with E-state index in [9.17, 15) is 87.6 Å². The third-order valence-corrected chi connectivity index (χ3v) is 18.7. The van der Waals surface area contributed by atoms with Crippen molar-refractivity contribution >= 4 is 46.6 Å². The molecule has 14 nitrogen and oxygen atoms in total. The number of hydrogen-bond donors (Lipinski definition) is 6. The number of aryl methyl sites for hydroxylation is 3. The number of likely N-dealkylation sites (tertiary alicyclic amines) is 1. The summed E-state index contributed by atoms with van der Waals surface area (Å²) in [5, 5.41) is 36.7. The van der Waals surface area contributed by atoms with E-state index in [2.05, 4.69) is 22.5 Å².